The Labute approximate surface area is 150 Å². The number of hydrogen-bond acceptors (Lipinski definition) is 4. The number of halogens is 1. The zero-order valence-corrected chi connectivity index (χ0v) is 14.5. The van der Waals surface area contributed by atoms with E-state index in [4.69, 9.17) is 11.6 Å². The van der Waals surface area contributed by atoms with Gasteiger partial charge in [0.2, 0.25) is 0 Å². The lowest BCUT2D eigenvalue weighted by Crippen LogP contribution is -2.32. The molecule has 0 atom stereocenters. The molecule has 1 aliphatic rings. The Bertz CT molecular complexity index is 872. The molecule has 0 unspecified atom stereocenters. The molecule has 0 bridgehead atoms. The van der Waals surface area contributed by atoms with Crippen molar-refractivity contribution in [2.75, 3.05) is 10.2 Å². The average Bonchev–Trinajstić information content (AvgIpc) is 2.79. The number of phenolic OH excluding ortho intramolecular Hbond substituents is 1. The molecule has 0 saturated heterocycles. The molecule has 128 valence electrons. The van der Waals surface area contributed by atoms with E-state index in [9.17, 15) is 14.7 Å². The number of amides is 2. The van der Waals surface area contributed by atoms with Crippen molar-refractivity contribution in [3.8, 4) is 5.75 Å². The number of carbonyl (C=O) groups excluding carboxylic acids is 2. The van der Waals surface area contributed by atoms with Gasteiger partial charge in [-0.2, -0.15) is 0 Å². The molecule has 0 fully saturated rings. The van der Waals surface area contributed by atoms with Gasteiger partial charge < -0.3 is 10.4 Å². The summed E-state index contributed by atoms with van der Waals surface area (Å²) in [5.41, 5.74) is 2.03. The van der Waals surface area contributed by atoms with Gasteiger partial charge in [0.25, 0.3) is 11.8 Å². The zero-order chi connectivity index (χ0) is 18.1. The Kier molecular flexibility index (Phi) is 4.51. The third-order valence-electron chi connectivity index (χ3n) is 3.96. The maximum atomic E-state index is 12.7. The summed E-state index contributed by atoms with van der Waals surface area (Å²) in [6.45, 7) is 4.13. The third kappa shape index (κ3) is 3.23. The molecule has 1 aliphatic heterocycles. The van der Waals surface area contributed by atoms with Gasteiger partial charge >= 0.3 is 0 Å². The fourth-order valence-electron chi connectivity index (χ4n) is 2.58. The summed E-state index contributed by atoms with van der Waals surface area (Å²) in [5, 5.41) is 12.2. The first-order chi connectivity index (χ1) is 11.9. The summed E-state index contributed by atoms with van der Waals surface area (Å²) in [6, 6.07) is 13.5. The highest BCUT2D eigenvalue weighted by molar-refractivity contribution is 6.53. The molecule has 5 nitrogen and oxygen atoms in total. The van der Waals surface area contributed by atoms with Gasteiger partial charge in [0, 0.05) is 11.8 Å². The second-order valence-corrected chi connectivity index (χ2v) is 6.43. The van der Waals surface area contributed by atoms with Crippen molar-refractivity contribution >= 4 is 34.8 Å². The molecule has 2 aromatic carbocycles. The van der Waals surface area contributed by atoms with Crippen molar-refractivity contribution in [3.63, 3.8) is 0 Å². The molecule has 0 radical (unpaired) electrons. The molecule has 1 heterocycles. The summed E-state index contributed by atoms with van der Waals surface area (Å²) >= 11 is 6.08. The fraction of sp³-hybridized carbons (Fsp3) is 0.158. The number of carbonyl (C=O) groups is 2. The molecule has 0 aromatic heterocycles. The lowest BCUT2D eigenvalue weighted by molar-refractivity contribution is -0.120. The Balaban J connectivity index is 1.88. The molecule has 25 heavy (non-hydrogen) atoms. The Morgan fingerprint density at radius 1 is 1.04 bits per heavy atom. The highest BCUT2D eigenvalue weighted by atomic mass is 35.5. The van der Waals surface area contributed by atoms with Crippen LogP contribution >= 0.6 is 11.6 Å². The summed E-state index contributed by atoms with van der Waals surface area (Å²) < 4.78 is 0. The normalized spacial score (nSPS) is 14.6. The number of imide groups is 1. The van der Waals surface area contributed by atoms with E-state index >= 15 is 0 Å². The third-order valence-corrected chi connectivity index (χ3v) is 4.31. The summed E-state index contributed by atoms with van der Waals surface area (Å²) in [7, 11) is 0. The number of benzene rings is 2. The van der Waals surface area contributed by atoms with Crippen LogP contribution in [0.25, 0.3) is 0 Å². The van der Waals surface area contributed by atoms with Crippen LogP contribution in [-0.2, 0) is 9.59 Å². The lowest BCUT2D eigenvalue weighted by Gasteiger charge is -2.16. The molecule has 0 aliphatic carbocycles. The van der Waals surface area contributed by atoms with Crippen molar-refractivity contribution in [1.82, 2.24) is 0 Å². The van der Waals surface area contributed by atoms with Crippen LogP contribution in [0.5, 0.6) is 5.75 Å². The predicted octanol–water partition coefficient (Wildman–Crippen LogP) is 3.95. The van der Waals surface area contributed by atoms with Crippen molar-refractivity contribution in [1.29, 1.82) is 0 Å². The summed E-state index contributed by atoms with van der Waals surface area (Å²) in [5.74, 6) is -0.717. The largest absolute Gasteiger partial charge is 0.508 e. The Morgan fingerprint density at radius 2 is 1.72 bits per heavy atom. The standard InChI is InChI=1S/C19H17ClN2O3/c1-11(2)12-6-8-14(9-7-12)22-18(24)16(20)17(19(22)25)21-13-4-3-5-15(23)10-13/h3-11,21,23H,1-2H3. The summed E-state index contributed by atoms with van der Waals surface area (Å²) in [6.07, 6.45) is 0. The quantitative estimate of drug-likeness (QED) is 0.814. The van der Waals surface area contributed by atoms with Gasteiger partial charge in [0.15, 0.2) is 0 Å². The van der Waals surface area contributed by atoms with E-state index < -0.39 is 11.8 Å². The fourth-order valence-corrected chi connectivity index (χ4v) is 2.79. The van der Waals surface area contributed by atoms with Crippen LogP contribution in [0.2, 0.25) is 0 Å². The minimum absolute atomic E-state index is 0.00907. The Morgan fingerprint density at radius 3 is 2.32 bits per heavy atom. The first kappa shape index (κ1) is 17.0. The number of anilines is 2. The second kappa shape index (κ2) is 6.61. The van der Waals surface area contributed by atoms with Crippen LogP contribution in [-0.4, -0.2) is 16.9 Å². The monoisotopic (exact) mass is 356 g/mol. The van der Waals surface area contributed by atoms with Crippen molar-refractivity contribution < 1.29 is 14.7 Å². The molecule has 3 rings (SSSR count). The zero-order valence-electron chi connectivity index (χ0n) is 13.8. The van der Waals surface area contributed by atoms with Crippen LogP contribution in [0.15, 0.2) is 59.3 Å². The first-order valence-corrected chi connectivity index (χ1v) is 8.21. The highest BCUT2D eigenvalue weighted by Crippen LogP contribution is 2.31. The van der Waals surface area contributed by atoms with Crippen LogP contribution < -0.4 is 10.2 Å². The van der Waals surface area contributed by atoms with Crippen molar-refractivity contribution in [3.05, 3.63) is 64.8 Å². The maximum Gasteiger partial charge on any atom is 0.283 e. The van der Waals surface area contributed by atoms with E-state index in [1.807, 2.05) is 12.1 Å². The number of rotatable bonds is 4. The molecule has 2 amide bonds. The van der Waals surface area contributed by atoms with Crippen LogP contribution in [0.4, 0.5) is 11.4 Å². The van der Waals surface area contributed by atoms with E-state index in [-0.39, 0.29) is 16.5 Å². The number of nitrogens with zero attached hydrogens (tertiary/aromatic N) is 1. The average molecular weight is 357 g/mol. The number of aromatic hydroxyl groups is 1. The minimum atomic E-state index is -0.577. The van der Waals surface area contributed by atoms with Gasteiger partial charge in [-0.3, -0.25) is 9.59 Å². The van der Waals surface area contributed by atoms with Gasteiger partial charge in [0.1, 0.15) is 16.5 Å². The topological polar surface area (TPSA) is 69.6 Å². The second-order valence-electron chi connectivity index (χ2n) is 6.06. The van der Waals surface area contributed by atoms with E-state index in [1.165, 1.54) is 12.1 Å². The van der Waals surface area contributed by atoms with E-state index in [2.05, 4.69) is 19.2 Å². The van der Waals surface area contributed by atoms with Crippen LogP contribution in [0.3, 0.4) is 0 Å². The Hall–Kier alpha value is -2.79. The van der Waals surface area contributed by atoms with E-state index in [0.29, 0.717) is 17.3 Å². The predicted molar refractivity (Wildman–Crippen MR) is 97.6 cm³/mol. The van der Waals surface area contributed by atoms with Gasteiger partial charge in [-0.1, -0.05) is 43.6 Å². The molecule has 0 saturated carbocycles. The number of nitrogens with one attached hydrogen (secondary N) is 1. The molecule has 2 aromatic rings. The van der Waals surface area contributed by atoms with Gasteiger partial charge in [-0.15, -0.1) is 0 Å². The van der Waals surface area contributed by atoms with E-state index in [1.54, 1.807) is 24.3 Å². The molecular weight excluding hydrogens is 340 g/mol. The van der Waals surface area contributed by atoms with Crippen molar-refractivity contribution in [2.24, 2.45) is 0 Å². The number of phenols is 1. The SMILES string of the molecule is CC(C)c1ccc(N2C(=O)C(Cl)=C(Nc3cccc(O)c3)C2=O)cc1. The van der Waals surface area contributed by atoms with Crippen LogP contribution in [0.1, 0.15) is 25.3 Å². The highest BCUT2D eigenvalue weighted by Gasteiger charge is 2.38. The molecule has 2 N–H and O–H groups in total. The van der Waals surface area contributed by atoms with Crippen molar-refractivity contribution in [2.45, 2.75) is 19.8 Å². The number of hydrogen-bond donors (Lipinski definition) is 2. The summed E-state index contributed by atoms with van der Waals surface area (Å²) in [4.78, 5) is 26.1. The maximum absolute atomic E-state index is 12.7. The van der Waals surface area contributed by atoms with Crippen LogP contribution in [0, 0.1) is 0 Å². The molecule has 6 heteroatoms. The van der Waals surface area contributed by atoms with E-state index in [0.717, 1.165) is 10.5 Å². The minimum Gasteiger partial charge on any atom is -0.508 e. The van der Waals surface area contributed by atoms with Gasteiger partial charge in [0.05, 0.1) is 5.69 Å². The van der Waals surface area contributed by atoms with Gasteiger partial charge in [-0.25, -0.2) is 4.90 Å². The van der Waals surface area contributed by atoms with Gasteiger partial charge in [-0.05, 0) is 35.7 Å². The smallest absolute Gasteiger partial charge is 0.283 e. The lowest BCUT2D eigenvalue weighted by atomic mass is 10.0. The molecule has 0 spiro atoms. The molecular formula is C19H17ClN2O3. The first-order valence-electron chi connectivity index (χ1n) is 7.83.